The zero-order valence-corrected chi connectivity index (χ0v) is 11.7. The van der Waals surface area contributed by atoms with Crippen molar-refractivity contribution in [2.45, 2.75) is 0 Å². The van der Waals surface area contributed by atoms with Crippen molar-refractivity contribution < 1.29 is 14.7 Å². The van der Waals surface area contributed by atoms with Gasteiger partial charge in [0.2, 0.25) is 0 Å². The van der Waals surface area contributed by atoms with Gasteiger partial charge in [-0.15, -0.1) is 0 Å². The SMILES string of the molecule is Nc1cc(Cl)cc(C(=O)N(CC(=O)O)c2ccccc2)c1. The van der Waals surface area contributed by atoms with E-state index in [0.717, 1.165) is 4.90 Å². The first-order valence-electron chi connectivity index (χ1n) is 6.12. The van der Waals surface area contributed by atoms with Crippen molar-refractivity contribution in [3.8, 4) is 0 Å². The number of carbonyl (C=O) groups excluding carboxylic acids is 1. The monoisotopic (exact) mass is 304 g/mol. The van der Waals surface area contributed by atoms with Crippen LogP contribution in [-0.2, 0) is 4.79 Å². The van der Waals surface area contributed by atoms with E-state index >= 15 is 0 Å². The number of para-hydroxylation sites is 1. The quantitative estimate of drug-likeness (QED) is 0.851. The predicted octanol–water partition coefficient (Wildman–Crippen LogP) is 2.65. The molecule has 6 heteroatoms. The molecule has 5 nitrogen and oxygen atoms in total. The van der Waals surface area contributed by atoms with Crippen molar-refractivity contribution in [3.63, 3.8) is 0 Å². The largest absolute Gasteiger partial charge is 0.480 e. The van der Waals surface area contributed by atoms with E-state index in [0.29, 0.717) is 16.4 Å². The van der Waals surface area contributed by atoms with Gasteiger partial charge >= 0.3 is 5.97 Å². The number of rotatable bonds is 4. The number of carboxylic acid groups (broad SMARTS) is 1. The van der Waals surface area contributed by atoms with E-state index in [1.807, 2.05) is 0 Å². The number of carboxylic acids is 1. The Bertz CT molecular complexity index is 654. The summed E-state index contributed by atoms with van der Waals surface area (Å²) in [7, 11) is 0. The van der Waals surface area contributed by atoms with Crippen molar-refractivity contribution in [3.05, 3.63) is 59.1 Å². The average molecular weight is 305 g/mol. The Morgan fingerprint density at radius 3 is 2.38 bits per heavy atom. The molecule has 0 aliphatic carbocycles. The zero-order chi connectivity index (χ0) is 15.4. The summed E-state index contributed by atoms with van der Waals surface area (Å²) in [6.07, 6.45) is 0. The molecule has 0 fully saturated rings. The number of hydrogen-bond acceptors (Lipinski definition) is 3. The minimum Gasteiger partial charge on any atom is -0.480 e. The summed E-state index contributed by atoms with van der Waals surface area (Å²) in [6, 6.07) is 13.0. The van der Waals surface area contributed by atoms with Crippen LogP contribution in [0.25, 0.3) is 0 Å². The Hall–Kier alpha value is -2.53. The number of nitrogens with zero attached hydrogens (tertiary/aromatic N) is 1. The maximum atomic E-state index is 12.5. The van der Waals surface area contributed by atoms with Gasteiger partial charge in [-0.3, -0.25) is 14.5 Å². The Morgan fingerprint density at radius 2 is 1.81 bits per heavy atom. The van der Waals surface area contributed by atoms with Gasteiger partial charge in [-0.05, 0) is 30.3 Å². The van der Waals surface area contributed by atoms with Crippen molar-refractivity contribution in [2.75, 3.05) is 17.2 Å². The molecule has 21 heavy (non-hydrogen) atoms. The van der Waals surface area contributed by atoms with Crippen molar-refractivity contribution in [2.24, 2.45) is 0 Å². The van der Waals surface area contributed by atoms with Crippen LogP contribution in [0.1, 0.15) is 10.4 Å². The summed E-state index contributed by atoms with van der Waals surface area (Å²) in [5.41, 5.74) is 6.74. The van der Waals surface area contributed by atoms with Gasteiger partial charge < -0.3 is 10.8 Å². The second-order valence-electron chi connectivity index (χ2n) is 4.39. The van der Waals surface area contributed by atoms with Gasteiger partial charge in [0.1, 0.15) is 6.54 Å². The number of halogens is 1. The summed E-state index contributed by atoms with van der Waals surface area (Å²) in [6.45, 7) is -0.449. The van der Waals surface area contributed by atoms with Crippen LogP contribution in [0.15, 0.2) is 48.5 Å². The highest BCUT2D eigenvalue weighted by atomic mass is 35.5. The number of benzene rings is 2. The van der Waals surface area contributed by atoms with Crippen LogP contribution in [0, 0.1) is 0 Å². The van der Waals surface area contributed by atoms with Crippen LogP contribution in [-0.4, -0.2) is 23.5 Å². The topological polar surface area (TPSA) is 83.6 Å². The van der Waals surface area contributed by atoms with Gasteiger partial charge in [-0.25, -0.2) is 0 Å². The second kappa shape index (κ2) is 6.28. The molecule has 0 radical (unpaired) electrons. The molecule has 0 aliphatic rings. The molecule has 2 aromatic carbocycles. The smallest absolute Gasteiger partial charge is 0.323 e. The molecule has 2 rings (SSSR count). The van der Waals surface area contributed by atoms with Crippen LogP contribution in [0.2, 0.25) is 5.02 Å². The number of hydrogen-bond donors (Lipinski definition) is 2. The first kappa shape index (κ1) is 14.9. The minimum absolute atomic E-state index is 0.241. The Morgan fingerprint density at radius 1 is 1.14 bits per heavy atom. The van der Waals surface area contributed by atoms with Crippen molar-refractivity contribution in [1.29, 1.82) is 0 Å². The lowest BCUT2D eigenvalue weighted by Crippen LogP contribution is -2.35. The van der Waals surface area contributed by atoms with E-state index in [4.69, 9.17) is 22.4 Å². The molecule has 0 unspecified atom stereocenters. The van der Waals surface area contributed by atoms with Crippen molar-refractivity contribution >= 4 is 34.9 Å². The van der Waals surface area contributed by atoms with E-state index < -0.39 is 18.4 Å². The third-order valence-electron chi connectivity index (χ3n) is 2.77. The highest BCUT2D eigenvalue weighted by molar-refractivity contribution is 6.31. The molecule has 0 heterocycles. The number of nitrogens with two attached hydrogens (primary N) is 1. The predicted molar refractivity (Wildman–Crippen MR) is 81.6 cm³/mol. The third kappa shape index (κ3) is 3.73. The normalized spacial score (nSPS) is 10.1. The second-order valence-corrected chi connectivity index (χ2v) is 4.83. The summed E-state index contributed by atoms with van der Waals surface area (Å²) in [5.74, 6) is -1.58. The Balaban J connectivity index is 2.41. The highest BCUT2D eigenvalue weighted by Gasteiger charge is 2.20. The first-order valence-corrected chi connectivity index (χ1v) is 6.50. The third-order valence-corrected chi connectivity index (χ3v) is 2.99. The minimum atomic E-state index is -1.11. The maximum absolute atomic E-state index is 12.5. The molecule has 2 aromatic rings. The van der Waals surface area contributed by atoms with Gasteiger partial charge in [0.05, 0.1) is 0 Å². The summed E-state index contributed by atoms with van der Waals surface area (Å²) >= 11 is 5.88. The van der Waals surface area contributed by atoms with Gasteiger partial charge in [-0.1, -0.05) is 29.8 Å². The number of carbonyl (C=O) groups is 2. The van der Waals surface area contributed by atoms with Gasteiger partial charge in [0.15, 0.2) is 0 Å². The highest BCUT2D eigenvalue weighted by Crippen LogP contribution is 2.21. The molecular weight excluding hydrogens is 292 g/mol. The molecule has 0 saturated carbocycles. The molecule has 1 amide bonds. The average Bonchev–Trinajstić information content (AvgIpc) is 2.44. The van der Waals surface area contributed by atoms with Crippen LogP contribution in [0.3, 0.4) is 0 Å². The van der Waals surface area contributed by atoms with Crippen LogP contribution < -0.4 is 10.6 Å². The van der Waals surface area contributed by atoms with Gasteiger partial charge in [0.25, 0.3) is 5.91 Å². The molecule has 3 N–H and O–H groups in total. The van der Waals surface area contributed by atoms with Gasteiger partial charge in [0, 0.05) is 22.0 Å². The number of aliphatic carboxylic acids is 1. The molecule has 0 saturated heterocycles. The van der Waals surface area contributed by atoms with E-state index in [-0.39, 0.29) is 5.56 Å². The summed E-state index contributed by atoms with van der Waals surface area (Å²) in [5, 5.41) is 9.33. The van der Waals surface area contributed by atoms with Crippen molar-refractivity contribution in [1.82, 2.24) is 0 Å². The van der Waals surface area contributed by atoms with Crippen LogP contribution >= 0.6 is 11.6 Å². The molecule has 0 spiro atoms. The van der Waals surface area contributed by atoms with E-state index in [1.165, 1.54) is 18.2 Å². The first-order chi connectivity index (χ1) is 9.97. The lowest BCUT2D eigenvalue weighted by Gasteiger charge is -2.21. The lowest BCUT2D eigenvalue weighted by molar-refractivity contribution is -0.135. The summed E-state index contributed by atoms with van der Waals surface area (Å²) in [4.78, 5) is 24.7. The fourth-order valence-electron chi connectivity index (χ4n) is 1.92. The van der Waals surface area contributed by atoms with E-state index in [2.05, 4.69) is 0 Å². The van der Waals surface area contributed by atoms with E-state index in [1.54, 1.807) is 30.3 Å². The maximum Gasteiger partial charge on any atom is 0.323 e. The fourth-order valence-corrected chi connectivity index (χ4v) is 2.16. The fraction of sp³-hybridized carbons (Fsp3) is 0.0667. The lowest BCUT2D eigenvalue weighted by atomic mass is 10.1. The summed E-state index contributed by atoms with van der Waals surface area (Å²) < 4.78 is 0. The van der Waals surface area contributed by atoms with Gasteiger partial charge in [-0.2, -0.15) is 0 Å². The Kier molecular flexibility index (Phi) is 4.45. The molecule has 108 valence electrons. The molecular formula is C15H13ClN2O3. The molecule has 0 atom stereocenters. The number of nitrogen functional groups attached to an aromatic ring is 1. The molecule has 0 aromatic heterocycles. The van der Waals surface area contributed by atoms with E-state index in [9.17, 15) is 9.59 Å². The number of anilines is 2. The standard InChI is InChI=1S/C15H13ClN2O3/c16-11-6-10(7-12(17)8-11)15(21)18(9-14(19)20)13-4-2-1-3-5-13/h1-8H,9,17H2,(H,19,20). The van der Waals surface area contributed by atoms with Crippen LogP contribution in [0.4, 0.5) is 11.4 Å². The molecule has 0 aliphatic heterocycles. The number of amides is 1. The Labute approximate surface area is 126 Å². The van der Waals surface area contributed by atoms with Crippen LogP contribution in [0.5, 0.6) is 0 Å². The molecule has 0 bridgehead atoms. The zero-order valence-electron chi connectivity index (χ0n) is 11.0.